The van der Waals surface area contributed by atoms with Crippen molar-refractivity contribution in [2.75, 3.05) is 25.1 Å². The number of carbonyl (C=O) groups excluding carboxylic acids is 1. The molecule has 0 amide bonds. The normalized spacial score (nSPS) is 20.9. The van der Waals surface area contributed by atoms with Crippen molar-refractivity contribution >= 4 is 17.3 Å². The van der Waals surface area contributed by atoms with Gasteiger partial charge >= 0.3 is 5.97 Å². The van der Waals surface area contributed by atoms with E-state index < -0.39 is 4.92 Å². The van der Waals surface area contributed by atoms with Gasteiger partial charge in [0.25, 0.3) is 5.69 Å². The third kappa shape index (κ3) is 2.79. The number of benzene rings is 1. The highest BCUT2D eigenvalue weighted by Gasteiger charge is 2.36. The number of nitrogens with zero attached hydrogens (tertiary/aromatic N) is 3. The predicted octanol–water partition coefficient (Wildman–Crippen LogP) is 1.71. The molecule has 0 aliphatic carbocycles. The number of methoxy groups -OCH3 is 1. The largest absolute Gasteiger partial charge is 0.469 e. The van der Waals surface area contributed by atoms with Gasteiger partial charge in [0.1, 0.15) is 6.07 Å². The van der Waals surface area contributed by atoms with Crippen molar-refractivity contribution in [1.82, 2.24) is 0 Å². The van der Waals surface area contributed by atoms with Crippen LogP contribution in [0.5, 0.6) is 0 Å². The molecule has 1 saturated heterocycles. The zero-order valence-corrected chi connectivity index (χ0v) is 11.8. The number of nitriles is 1. The molecule has 1 heterocycles. The van der Waals surface area contributed by atoms with E-state index in [1.54, 1.807) is 6.07 Å². The van der Waals surface area contributed by atoms with Gasteiger partial charge in [0.2, 0.25) is 0 Å². The monoisotopic (exact) mass is 289 g/mol. The molecule has 0 bridgehead atoms. The van der Waals surface area contributed by atoms with Crippen molar-refractivity contribution in [1.29, 1.82) is 5.26 Å². The summed E-state index contributed by atoms with van der Waals surface area (Å²) in [6, 6.07) is 6.16. The number of ether oxygens (including phenoxy) is 1. The van der Waals surface area contributed by atoms with Gasteiger partial charge in [-0.15, -0.1) is 0 Å². The topological polar surface area (TPSA) is 96.5 Å². The molecule has 0 N–H and O–H groups in total. The summed E-state index contributed by atoms with van der Waals surface area (Å²) < 4.78 is 4.78. The lowest BCUT2D eigenvalue weighted by molar-refractivity contribution is -0.384. The van der Waals surface area contributed by atoms with Gasteiger partial charge in [0, 0.05) is 25.2 Å². The zero-order valence-electron chi connectivity index (χ0n) is 11.8. The Hall–Kier alpha value is -2.62. The number of rotatable bonds is 3. The minimum atomic E-state index is -0.533. The first-order chi connectivity index (χ1) is 9.97. The van der Waals surface area contributed by atoms with E-state index >= 15 is 0 Å². The average Bonchev–Trinajstić information content (AvgIpc) is 2.87. The number of carbonyl (C=O) groups is 1. The predicted molar refractivity (Wildman–Crippen MR) is 74.7 cm³/mol. The van der Waals surface area contributed by atoms with Crippen LogP contribution in [0.3, 0.4) is 0 Å². The molecule has 0 radical (unpaired) electrons. The Morgan fingerprint density at radius 2 is 2.24 bits per heavy atom. The molecule has 7 nitrogen and oxygen atoms in total. The van der Waals surface area contributed by atoms with Crippen molar-refractivity contribution in [3.63, 3.8) is 0 Å². The Morgan fingerprint density at radius 1 is 1.52 bits per heavy atom. The Balaban J connectivity index is 2.30. The van der Waals surface area contributed by atoms with Crippen molar-refractivity contribution < 1.29 is 14.5 Å². The lowest BCUT2D eigenvalue weighted by Gasteiger charge is -2.19. The molecule has 2 atom stereocenters. The second kappa shape index (κ2) is 5.79. The van der Waals surface area contributed by atoms with Gasteiger partial charge in [0.15, 0.2) is 0 Å². The number of hydrogen-bond donors (Lipinski definition) is 0. The van der Waals surface area contributed by atoms with E-state index in [1.807, 2.05) is 17.9 Å². The first-order valence-corrected chi connectivity index (χ1v) is 6.49. The summed E-state index contributed by atoms with van der Waals surface area (Å²) >= 11 is 0. The maximum absolute atomic E-state index is 11.7. The lowest BCUT2D eigenvalue weighted by Crippen LogP contribution is -2.24. The third-order valence-corrected chi connectivity index (χ3v) is 3.77. The molecule has 21 heavy (non-hydrogen) atoms. The van der Waals surface area contributed by atoms with Crippen molar-refractivity contribution in [3.05, 3.63) is 33.9 Å². The second-order valence-corrected chi connectivity index (χ2v) is 5.08. The van der Waals surface area contributed by atoms with Crippen LogP contribution in [0.15, 0.2) is 18.2 Å². The SMILES string of the molecule is COC(=O)C1CN(c2ccc([N+](=O)[O-])cc2C#N)CC1C. The number of hydrogen-bond acceptors (Lipinski definition) is 6. The van der Waals surface area contributed by atoms with E-state index in [-0.39, 0.29) is 29.1 Å². The lowest BCUT2D eigenvalue weighted by atomic mass is 9.99. The van der Waals surface area contributed by atoms with Crippen molar-refractivity contribution in [3.8, 4) is 6.07 Å². The Labute approximate surface area is 121 Å². The Bertz CT molecular complexity index is 623. The maximum atomic E-state index is 11.7. The molecule has 2 unspecified atom stereocenters. The van der Waals surface area contributed by atoms with Crippen molar-refractivity contribution in [2.45, 2.75) is 6.92 Å². The van der Waals surface area contributed by atoms with Crippen LogP contribution in [0.1, 0.15) is 12.5 Å². The molecule has 1 aromatic rings. The van der Waals surface area contributed by atoms with Crippen LogP contribution in [0.25, 0.3) is 0 Å². The van der Waals surface area contributed by atoms with E-state index in [2.05, 4.69) is 0 Å². The van der Waals surface area contributed by atoms with Gasteiger partial charge in [-0.3, -0.25) is 14.9 Å². The van der Waals surface area contributed by atoms with E-state index in [0.717, 1.165) is 0 Å². The van der Waals surface area contributed by atoms with Crippen LogP contribution in [0, 0.1) is 33.3 Å². The van der Waals surface area contributed by atoms with Gasteiger partial charge in [-0.1, -0.05) is 6.92 Å². The fourth-order valence-corrected chi connectivity index (χ4v) is 2.62. The molecular weight excluding hydrogens is 274 g/mol. The van der Waals surface area contributed by atoms with Crippen LogP contribution < -0.4 is 4.90 Å². The minimum absolute atomic E-state index is 0.0965. The van der Waals surface area contributed by atoms with E-state index in [4.69, 9.17) is 4.74 Å². The molecule has 1 aromatic carbocycles. The molecule has 2 rings (SSSR count). The fourth-order valence-electron chi connectivity index (χ4n) is 2.62. The molecule has 0 spiro atoms. The van der Waals surface area contributed by atoms with Gasteiger partial charge in [-0.25, -0.2) is 0 Å². The first kappa shape index (κ1) is 14.8. The molecule has 0 saturated carbocycles. The summed E-state index contributed by atoms with van der Waals surface area (Å²) in [6.45, 7) is 2.99. The van der Waals surface area contributed by atoms with Crippen LogP contribution in [-0.2, 0) is 9.53 Å². The molecule has 1 fully saturated rings. The van der Waals surface area contributed by atoms with Crippen LogP contribution in [-0.4, -0.2) is 31.1 Å². The Kier molecular flexibility index (Phi) is 4.08. The summed E-state index contributed by atoms with van der Waals surface area (Å²) in [5.74, 6) is -0.429. The van der Waals surface area contributed by atoms with Gasteiger partial charge < -0.3 is 9.64 Å². The summed E-state index contributed by atoms with van der Waals surface area (Å²) in [5.41, 5.74) is 0.732. The van der Waals surface area contributed by atoms with Crippen molar-refractivity contribution in [2.24, 2.45) is 11.8 Å². The van der Waals surface area contributed by atoms with E-state index in [1.165, 1.54) is 19.2 Å². The summed E-state index contributed by atoms with van der Waals surface area (Å²) in [6.07, 6.45) is 0. The molecule has 7 heteroatoms. The quantitative estimate of drug-likeness (QED) is 0.477. The van der Waals surface area contributed by atoms with Gasteiger partial charge in [-0.2, -0.15) is 5.26 Å². The smallest absolute Gasteiger partial charge is 0.310 e. The number of nitro groups is 1. The molecule has 0 aromatic heterocycles. The van der Waals surface area contributed by atoms with Gasteiger partial charge in [-0.05, 0) is 12.0 Å². The van der Waals surface area contributed by atoms with Crippen LogP contribution in [0.2, 0.25) is 0 Å². The average molecular weight is 289 g/mol. The molecule has 1 aliphatic heterocycles. The highest BCUT2D eigenvalue weighted by Crippen LogP contribution is 2.32. The summed E-state index contributed by atoms with van der Waals surface area (Å²) in [4.78, 5) is 23.8. The molecule has 1 aliphatic rings. The van der Waals surface area contributed by atoms with E-state index in [9.17, 15) is 20.2 Å². The second-order valence-electron chi connectivity index (χ2n) is 5.08. The number of nitro benzene ring substituents is 1. The standard InChI is InChI=1S/C14H15N3O4/c1-9-7-16(8-12(9)14(18)21-2)13-4-3-11(17(19)20)5-10(13)6-15/h3-5,9,12H,7-8H2,1-2H3. The van der Waals surface area contributed by atoms with E-state index in [0.29, 0.717) is 18.8 Å². The number of anilines is 1. The molecule has 110 valence electrons. The van der Waals surface area contributed by atoms with Gasteiger partial charge in [0.05, 0.1) is 29.2 Å². The first-order valence-electron chi connectivity index (χ1n) is 6.49. The number of esters is 1. The minimum Gasteiger partial charge on any atom is -0.469 e. The molecular formula is C14H15N3O4. The number of non-ortho nitro benzene ring substituents is 1. The zero-order chi connectivity index (χ0) is 15.6. The van der Waals surface area contributed by atoms with Crippen LogP contribution in [0.4, 0.5) is 11.4 Å². The van der Waals surface area contributed by atoms with Crippen LogP contribution >= 0.6 is 0 Å². The fraction of sp³-hybridized carbons (Fsp3) is 0.429. The maximum Gasteiger partial charge on any atom is 0.310 e. The Morgan fingerprint density at radius 3 is 2.81 bits per heavy atom. The third-order valence-electron chi connectivity index (χ3n) is 3.77. The summed E-state index contributed by atoms with van der Waals surface area (Å²) in [5, 5.41) is 19.9. The summed E-state index contributed by atoms with van der Waals surface area (Å²) in [7, 11) is 1.35. The highest BCUT2D eigenvalue weighted by atomic mass is 16.6. The highest BCUT2D eigenvalue weighted by molar-refractivity contribution is 5.75.